The van der Waals surface area contributed by atoms with Crippen molar-refractivity contribution in [3.8, 4) is 16.3 Å². The van der Waals surface area contributed by atoms with E-state index in [1.807, 2.05) is 72.4 Å². The van der Waals surface area contributed by atoms with E-state index in [2.05, 4.69) is 12.2 Å². The molecule has 4 rings (SSSR count). The first kappa shape index (κ1) is 18.4. The molecular formula is C22H22N4OS. The number of rotatable bonds is 5. The van der Waals surface area contributed by atoms with E-state index in [1.165, 1.54) is 0 Å². The van der Waals surface area contributed by atoms with Crippen molar-refractivity contribution in [2.75, 3.05) is 0 Å². The van der Waals surface area contributed by atoms with Crippen molar-refractivity contribution < 1.29 is 4.79 Å². The molecule has 0 spiro atoms. The molecule has 0 fully saturated rings. The fourth-order valence-electron chi connectivity index (χ4n) is 3.17. The molecule has 142 valence electrons. The van der Waals surface area contributed by atoms with Gasteiger partial charge in [-0.25, -0.2) is 9.67 Å². The molecular weight excluding hydrogens is 368 g/mol. The largest absolute Gasteiger partial charge is 0.350 e. The molecule has 0 radical (unpaired) electrons. The standard InChI is InChI=1S/C22H22N4OS/c1-4-14(2)23-22(27)17-13-18(19-11-8-12-28-19)24-21-20(17)15(3)25-26(21)16-9-6-5-7-10-16/h5-14H,4H2,1-3H3,(H,23,27)/t14-/m0/s1. The number of amides is 1. The highest BCUT2D eigenvalue weighted by Crippen LogP contribution is 2.30. The number of hydrogen-bond acceptors (Lipinski definition) is 4. The third-order valence-corrected chi connectivity index (χ3v) is 5.71. The number of thiophene rings is 1. The first-order valence-corrected chi connectivity index (χ1v) is 10.3. The van der Waals surface area contributed by atoms with E-state index in [0.717, 1.165) is 33.8 Å². The first-order valence-electron chi connectivity index (χ1n) is 9.39. The molecule has 1 amide bonds. The van der Waals surface area contributed by atoms with E-state index in [9.17, 15) is 4.79 Å². The Morgan fingerprint density at radius 3 is 2.68 bits per heavy atom. The number of fused-ring (bicyclic) bond motifs is 1. The van der Waals surface area contributed by atoms with E-state index in [0.29, 0.717) is 11.2 Å². The fraction of sp³-hybridized carbons (Fsp3) is 0.227. The second-order valence-electron chi connectivity index (χ2n) is 6.85. The van der Waals surface area contributed by atoms with Crippen LogP contribution in [-0.4, -0.2) is 26.7 Å². The van der Waals surface area contributed by atoms with Crippen molar-refractivity contribution in [1.29, 1.82) is 0 Å². The molecule has 4 aromatic rings. The summed E-state index contributed by atoms with van der Waals surface area (Å²) < 4.78 is 1.82. The van der Waals surface area contributed by atoms with Crippen molar-refractivity contribution in [2.45, 2.75) is 33.2 Å². The van der Waals surface area contributed by atoms with E-state index < -0.39 is 0 Å². The van der Waals surface area contributed by atoms with Crippen molar-refractivity contribution >= 4 is 28.3 Å². The Labute approximate surface area is 168 Å². The number of aromatic nitrogens is 3. The van der Waals surface area contributed by atoms with Gasteiger partial charge in [-0.15, -0.1) is 11.3 Å². The number of benzene rings is 1. The highest BCUT2D eigenvalue weighted by atomic mass is 32.1. The van der Waals surface area contributed by atoms with Gasteiger partial charge in [0.05, 0.1) is 32.9 Å². The second kappa shape index (κ2) is 7.56. The van der Waals surface area contributed by atoms with Crippen LogP contribution < -0.4 is 5.32 Å². The zero-order valence-electron chi connectivity index (χ0n) is 16.1. The summed E-state index contributed by atoms with van der Waals surface area (Å²) in [6, 6.07) is 15.9. The van der Waals surface area contributed by atoms with Gasteiger partial charge in [0.15, 0.2) is 5.65 Å². The smallest absolute Gasteiger partial charge is 0.252 e. The summed E-state index contributed by atoms with van der Waals surface area (Å²) >= 11 is 1.61. The maximum atomic E-state index is 13.1. The molecule has 0 aliphatic carbocycles. The Hall–Kier alpha value is -2.99. The maximum Gasteiger partial charge on any atom is 0.252 e. The summed E-state index contributed by atoms with van der Waals surface area (Å²) in [5.74, 6) is -0.0877. The van der Waals surface area contributed by atoms with Crippen LogP contribution in [0.4, 0.5) is 0 Å². The van der Waals surface area contributed by atoms with E-state index in [4.69, 9.17) is 10.1 Å². The fourth-order valence-corrected chi connectivity index (χ4v) is 3.86. The van der Waals surface area contributed by atoms with Gasteiger partial charge >= 0.3 is 0 Å². The molecule has 5 nitrogen and oxygen atoms in total. The lowest BCUT2D eigenvalue weighted by molar-refractivity contribution is 0.0941. The van der Waals surface area contributed by atoms with Gasteiger partial charge < -0.3 is 5.32 Å². The van der Waals surface area contributed by atoms with Crippen molar-refractivity contribution in [3.63, 3.8) is 0 Å². The summed E-state index contributed by atoms with van der Waals surface area (Å²) in [5.41, 5.74) is 3.81. The quantitative estimate of drug-likeness (QED) is 0.522. The van der Waals surface area contributed by atoms with Crippen LogP contribution in [0.1, 0.15) is 36.3 Å². The molecule has 6 heteroatoms. The Morgan fingerprint density at radius 2 is 2.00 bits per heavy atom. The topological polar surface area (TPSA) is 59.8 Å². The van der Waals surface area contributed by atoms with Crippen LogP contribution in [0.15, 0.2) is 53.9 Å². The Kier molecular flexibility index (Phi) is 4.96. The highest BCUT2D eigenvalue weighted by molar-refractivity contribution is 7.13. The second-order valence-corrected chi connectivity index (χ2v) is 7.79. The molecule has 28 heavy (non-hydrogen) atoms. The third kappa shape index (κ3) is 3.31. The minimum Gasteiger partial charge on any atom is -0.350 e. The summed E-state index contributed by atoms with van der Waals surface area (Å²) in [5, 5.41) is 10.6. The molecule has 0 saturated heterocycles. The zero-order valence-corrected chi connectivity index (χ0v) is 17.0. The Morgan fingerprint density at radius 1 is 1.21 bits per heavy atom. The zero-order chi connectivity index (χ0) is 19.7. The Bertz CT molecular complexity index is 1120. The van der Waals surface area contributed by atoms with Crippen molar-refractivity contribution in [2.24, 2.45) is 0 Å². The Balaban J connectivity index is 1.97. The number of nitrogens with one attached hydrogen (secondary N) is 1. The van der Waals surface area contributed by atoms with Gasteiger partial charge in [0.2, 0.25) is 0 Å². The molecule has 0 bridgehead atoms. The van der Waals surface area contributed by atoms with Gasteiger partial charge in [-0.3, -0.25) is 4.79 Å². The molecule has 1 N–H and O–H groups in total. The van der Waals surface area contributed by atoms with Crippen molar-refractivity contribution in [3.05, 3.63) is 65.2 Å². The molecule has 0 saturated carbocycles. The van der Waals surface area contributed by atoms with Crippen LogP contribution >= 0.6 is 11.3 Å². The lowest BCUT2D eigenvalue weighted by Gasteiger charge is -2.13. The first-order chi connectivity index (χ1) is 13.6. The minimum atomic E-state index is -0.0877. The third-order valence-electron chi connectivity index (χ3n) is 4.82. The van der Waals surface area contributed by atoms with E-state index >= 15 is 0 Å². The molecule has 0 unspecified atom stereocenters. The van der Waals surface area contributed by atoms with Crippen molar-refractivity contribution in [1.82, 2.24) is 20.1 Å². The predicted octanol–water partition coefficient (Wildman–Crippen LogP) is 4.99. The van der Waals surface area contributed by atoms with Gasteiger partial charge in [0.25, 0.3) is 5.91 Å². The number of para-hydroxylation sites is 1. The number of carbonyl (C=O) groups excluding carboxylic acids is 1. The average molecular weight is 391 g/mol. The van der Waals surface area contributed by atoms with Crippen LogP contribution in [0, 0.1) is 6.92 Å². The molecule has 0 aliphatic heterocycles. The normalized spacial score (nSPS) is 12.2. The molecule has 3 aromatic heterocycles. The highest BCUT2D eigenvalue weighted by Gasteiger charge is 2.21. The number of hydrogen-bond donors (Lipinski definition) is 1. The van der Waals surface area contributed by atoms with Crippen LogP contribution in [0.3, 0.4) is 0 Å². The predicted molar refractivity (Wildman–Crippen MR) is 114 cm³/mol. The van der Waals surface area contributed by atoms with Gasteiger partial charge in [0, 0.05) is 6.04 Å². The SMILES string of the molecule is CC[C@H](C)NC(=O)c1cc(-c2cccs2)nc2c1c(C)nn2-c1ccccc1. The van der Waals surface area contributed by atoms with E-state index in [1.54, 1.807) is 11.3 Å². The van der Waals surface area contributed by atoms with Crippen LogP contribution in [0.2, 0.25) is 0 Å². The summed E-state index contributed by atoms with van der Waals surface area (Å²) in [6.07, 6.45) is 0.875. The molecule has 1 atom stereocenters. The number of carbonyl (C=O) groups is 1. The number of aryl methyl sites for hydroxylation is 1. The monoisotopic (exact) mass is 390 g/mol. The summed E-state index contributed by atoms with van der Waals surface area (Å²) in [7, 11) is 0. The molecule has 3 heterocycles. The van der Waals surface area contributed by atoms with Gasteiger partial charge in [-0.1, -0.05) is 31.2 Å². The molecule has 1 aromatic carbocycles. The van der Waals surface area contributed by atoms with Gasteiger partial charge in [-0.05, 0) is 49.9 Å². The minimum absolute atomic E-state index is 0.0877. The lowest BCUT2D eigenvalue weighted by atomic mass is 10.1. The van der Waals surface area contributed by atoms with Crippen LogP contribution in [0.5, 0.6) is 0 Å². The average Bonchev–Trinajstić information content (AvgIpc) is 3.36. The number of nitrogens with zero attached hydrogens (tertiary/aromatic N) is 3. The number of pyridine rings is 1. The summed E-state index contributed by atoms with van der Waals surface area (Å²) in [6.45, 7) is 5.99. The van der Waals surface area contributed by atoms with Crippen LogP contribution in [0.25, 0.3) is 27.3 Å². The molecule has 0 aliphatic rings. The van der Waals surface area contributed by atoms with Gasteiger partial charge in [-0.2, -0.15) is 5.10 Å². The van der Waals surface area contributed by atoms with Crippen LogP contribution in [-0.2, 0) is 0 Å². The maximum absolute atomic E-state index is 13.1. The lowest BCUT2D eigenvalue weighted by Crippen LogP contribution is -2.32. The van der Waals surface area contributed by atoms with Gasteiger partial charge in [0.1, 0.15) is 0 Å². The van der Waals surface area contributed by atoms with E-state index in [-0.39, 0.29) is 11.9 Å². The summed E-state index contributed by atoms with van der Waals surface area (Å²) in [4.78, 5) is 19.0.